The van der Waals surface area contributed by atoms with E-state index in [1.165, 1.54) is 4.68 Å². The molecule has 2 unspecified atom stereocenters. The van der Waals surface area contributed by atoms with E-state index in [-0.39, 0.29) is 18.4 Å². The summed E-state index contributed by atoms with van der Waals surface area (Å²) in [6, 6.07) is -1.39. The van der Waals surface area contributed by atoms with Crippen LogP contribution in [0.3, 0.4) is 0 Å². The number of nitrogens with two attached hydrogens (primary N) is 1. The minimum absolute atomic E-state index is 0.0796. The van der Waals surface area contributed by atoms with Crippen molar-refractivity contribution >= 4 is 11.9 Å². The third-order valence-corrected chi connectivity index (χ3v) is 3.41. The lowest BCUT2D eigenvalue weighted by atomic mass is 10.1. The number of carboxylic acid groups (broad SMARTS) is 1. The molecule has 0 aliphatic carbocycles. The van der Waals surface area contributed by atoms with Gasteiger partial charge in [-0.2, -0.15) is 0 Å². The van der Waals surface area contributed by atoms with Crippen molar-refractivity contribution in [3.8, 4) is 0 Å². The van der Waals surface area contributed by atoms with Crippen LogP contribution in [-0.4, -0.2) is 44.1 Å². The molecule has 0 aliphatic rings. The van der Waals surface area contributed by atoms with Gasteiger partial charge in [0.25, 0.3) is 0 Å². The molecule has 4 N–H and O–H groups in total. The van der Waals surface area contributed by atoms with Crippen molar-refractivity contribution in [2.24, 2.45) is 5.73 Å². The van der Waals surface area contributed by atoms with Crippen LogP contribution in [0.1, 0.15) is 45.3 Å². The number of rotatable bonds is 8. The first-order valence-corrected chi connectivity index (χ1v) is 7.08. The van der Waals surface area contributed by atoms with Crippen molar-refractivity contribution in [3.63, 3.8) is 0 Å². The molecule has 1 amide bonds. The van der Waals surface area contributed by atoms with Crippen LogP contribution < -0.4 is 11.1 Å². The van der Waals surface area contributed by atoms with Crippen LogP contribution in [-0.2, 0) is 16.0 Å². The predicted molar refractivity (Wildman–Crippen MR) is 76.6 cm³/mol. The van der Waals surface area contributed by atoms with Gasteiger partial charge in [0.1, 0.15) is 12.1 Å². The summed E-state index contributed by atoms with van der Waals surface area (Å²) in [5, 5.41) is 19.4. The van der Waals surface area contributed by atoms with E-state index in [0.29, 0.717) is 5.69 Å². The molecule has 1 rings (SSSR count). The van der Waals surface area contributed by atoms with Crippen LogP contribution in [0.4, 0.5) is 0 Å². The molecular weight excluding hydrogens is 274 g/mol. The molecule has 8 nitrogen and oxygen atoms in total. The lowest BCUT2D eigenvalue weighted by Crippen LogP contribution is -2.38. The molecule has 0 saturated carbocycles. The van der Waals surface area contributed by atoms with Crippen molar-refractivity contribution < 1.29 is 14.7 Å². The molecule has 0 aromatic carbocycles. The van der Waals surface area contributed by atoms with Crippen molar-refractivity contribution in [2.45, 2.75) is 58.2 Å². The van der Waals surface area contributed by atoms with E-state index in [2.05, 4.69) is 15.6 Å². The number of carbonyl (C=O) groups is 2. The maximum atomic E-state index is 12.1. The molecule has 0 fully saturated rings. The fourth-order valence-electron chi connectivity index (χ4n) is 1.84. The lowest BCUT2D eigenvalue weighted by molar-refractivity contribution is -0.138. The summed E-state index contributed by atoms with van der Waals surface area (Å²) in [7, 11) is 0. The molecule has 21 heavy (non-hydrogen) atoms. The molecule has 118 valence electrons. The second-order valence-corrected chi connectivity index (χ2v) is 5.04. The van der Waals surface area contributed by atoms with Gasteiger partial charge < -0.3 is 16.2 Å². The quantitative estimate of drug-likeness (QED) is 0.625. The standard InChI is InChI=1S/C13H23N5O3/c1-4-9(5-2)15-12(19)8(3)18-7-10(16-17-18)6-11(14)13(20)21/h7-9,11H,4-6,14H2,1-3H3,(H,15,19)(H,20,21). The lowest BCUT2D eigenvalue weighted by Gasteiger charge is -2.18. The highest BCUT2D eigenvalue weighted by atomic mass is 16.4. The Kier molecular flexibility index (Phi) is 6.29. The van der Waals surface area contributed by atoms with Crippen LogP contribution in [0, 0.1) is 0 Å². The largest absolute Gasteiger partial charge is 0.480 e. The Labute approximate surface area is 123 Å². The van der Waals surface area contributed by atoms with Crippen LogP contribution >= 0.6 is 0 Å². The topological polar surface area (TPSA) is 123 Å². The van der Waals surface area contributed by atoms with Crippen LogP contribution in [0.2, 0.25) is 0 Å². The van der Waals surface area contributed by atoms with Gasteiger partial charge in [-0.1, -0.05) is 19.1 Å². The van der Waals surface area contributed by atoms with E-state index in [4.69, 9.17) is 10.8 Å². The number of hydrogen-bond acceptors (Lipinski definition) is 5. The van der Waals surface area contributed by atoms with Crippen LogP contribution in [0.25, 0.3) is 0 Å². The average Bonchev–Trinajstić information content (AvgIpc) is 2.91. The number of carbonyl (C=O) groups excluding carboxylic acids is 1. The first kappa shape index (κ1) is 17.1. The molecule has 8 heteroatoms. The molecule has 0 bridgehead atoms. The Morgan fingerprint density at radius 3 is 2.57 bits per heavy atom. The highest BCUT2D eigenvalue weighted by molar-refractivity contribution is 5.80. The van der Waals surface area contributed by atoms with E-state index < -0.39 is 18.1 Å². The van der Waals surface area contributed by atoms with Gasteiger partial charge in [-0.05, 0) is 19.8 Å². The van der Waals surface area contributed by atoms with Crippen molar-refractivity contribution in [2.75, 3.05) is 0 Å². The van der Waals surface area contributed by atoms with E-state index in [1.54, 1.807) is 13.1 Å². The molecule has 1 aromatic rings. The van der Waals surface area contributed by atoms with Gasteiger partial charge in [-0.3, -0.25) is 9.59 Å². The summed E-state index contributed by atoms with van der Waals surface area (Å²) in [5.74, 6) is -1.23. The fraction of sp³-hybridized carbons (Fsp3) is 0.692. The zero-order valence-electron chi connectivity index (χ0n) is 12.6. The van der Waals surface area contributed by atoms with Gasteiger partial charge >= 0.3 is 5.97 Å². The van der Waals surface area contributed by atoms with Gasteiger partial charge in [0.15, 0.2) is 0 Å². The number of nitrogens with one attached hydrogen (secondary N) is 1. The van der Waals surface area contributed by atoms with E-state index in [1.807, 2.05) is 13.8 Å². The Balaban J connectivity index is 2.66. The summed E-state index contributed by atoms with van der Waals surface area (Å²) < 4.78 is 1.42. The molecule has 0 radical (unpaired) electrons. The maximum absolute atomic E-state index is 12.1. The normalized spacial score (nSPS) is 14.0. The number of amides is 1. The van der Waals surface area contributed by atoms with Gasteiger partial charge in [0, 0.05) is 18.7 Å². The first-order valence-electron chi connectivity index (χ1n) is 7.08. The molecule has 0 aliphatic heterocycles. The summed E-state index contributed by atoms with van der Waals surface area (Å²) in [4.78, 5) is 22.8. The second kappa shape index (κ2) is 7.72. The van der Waals surface area contributed by atoms with Gasteiger partial charge in [0.2, 0.25) is 5.91 Å². The SMILES string of the molecule is CCC(CC)NC(=O)C(C)n1cc(CC(N)C(=O)O)nn1. The summed E-state index contributed by atoms with van der Waals surface area (Å²) in [5.41, 5.74) is 5.89. The number of nitrogens with zero attached hydrogens (tertiary/aromatic N) is 3. The Morgan fingerprint density at radius 1 is 1.43 bits per heavy atom. The molecule has 2 atom stereocenters. The Morgan fingerprint density at radius 2 is 2.05 bits per heavy atom. The zero-order chi connectivity index (χ0) is 16.0. The summed E-state index contributed by atoms with van der Waals surface area (Å²) in [6.07, 6.45) is 3.37. The van der Waals surface area contributed by atoms with E-state index >= 15 is 0 Å². The van der Waals surface area contributed by atoms with E-state index in [0.717, 1.165) is 12.8 Å². The number of aromatic nitrogens is 3. The molecular formula is C13H23N5O3. The highest BCUT2D eigenvalue weighted by Crippen LogP contribution is 2.08. The number of hydrogen-bond donors (Lipinski definition) is 3. The number of carboxylic acids is 1. The van der Waals surface area contributed by atoms with Gasteiger partial charge in [-0.15, -0.1) is 5.10 Å². The first-order chi connectivity index (χ1) is 9.88. The van der Waals surface area contributed by atoms with Crippen LogP contribution in [0.5, 0.6) is 0 Å². The molecule has 1 aromatic heterocycles. The third kappa shape index (κ3) is 4.82. The molecule has 1 heterocycles. The maximum Gasteiger partial charge on any atom is 0.320 e. The zero-order valence-corrected chi connectivity index (χ0v) is 12.6. The summed E-state index contributed by atoms with van der Waals surface area (Å²) >= 11 is 0. The van der Waals surface area contributed by atoms with Gasteiger partial charge in [-0.25, -0.2) is 4.68 Å². The Bertz CT molecular complexity index is 484. The minimum Gasteiger partial charge on any atom is -0.480 e. The third-order valence-electron chi connectivity index (χ3n) is 3.41. The van der Waals surface area contributed by atoms with Crippen molar-refractivity contribution in [1.82, 2.24) is 20.3 Å². The molecule has 0 saturated heterocycles. The summed E-state index contributed by atoms with van der Waals surface area (Å²) in [6.45, 7) is 5.74. The van der Waals surface area contributed by atoms with Crippen LogP contribution in [0.15, 0.2) is 6.20 Å². The van der Waals surface area contributed by atoms with Gasteiger partial charge in [0.05, 0.1) is 5.69 Å². The molecule has 0 spiro atoms. The minimum atomic E-state index is -1.09. The smallest absolute Gasteiger partial charge is 0.320 e. The Hall–Kier alpha value is -1.96. The van der Waals surface area contributed by atoms with Crippen molar-refractivity contribution in [3.05, 3.63) is 11.9 Å². The fourth-order valence-corrected chi connectivity index (χ4v) is 1.84. The highest BCUT2D eigenvalue weighted by Gasteiger charge is 2.20. The average molecular weight is 297 g/mol. The van der Waals surface area contributed by atoms with Crippen molar-refractivity contribution in [1.29, 1.82) is 0 Å². The predicted octanol–water partition coefficient (Wildman–Crippen LogP) is 0.0983. The second-order valence-electron chi connectivity index (χ2n) is 5.04. The number of aliphatic carboxylic acids is 1. The monoisotopic (exact) mass is 297 g/mol. The van der Waals surface area contributed by atoms with E-state index in [9.17, 15) is 9.59 Å².